The Morgan fingerprint density at radius 1 is 1.58 bits per heavy atom. The molecule has 0 bridgehead atoms. The van der Waals surface area contributed by atoms with Crippen LogP contribution in [0.2, 0.25) is 0 Å². The lowest BCUT2D eigenvalue weighted by Crippen LogP contribution is -2.34. The fourth-order valence-electron chi connectivity index (χ4n) is 1.82. The van der Waals surface area contributed by atoms with Crippen LogP contribution >= 0.6 is 0 Å². The van der Waals surface area contributed by atoms with E-state index in [0.717, 1.165) is 31.9 Å². The maximum Gasteiger partial charge on any atom is 0.141 e. The Balaban J connectivity index is 2.64. The van der Waals surface area contributed by atoms with Crippen LogP contribution in [0.1, 0.15) is 39.4 Å². The fourth-order valence-corrected chi connectivity index (χ4v) is 1.82. The van der Waals surface area contributed by atoms with Crippen LogP contribution in [0.3, 0.4) is 0 Å². The molecule has 0 fully saturated rings. The Kier molecular flexibility index (Phi) is 6.27. The Morgan fingerprint density at radius 2 is 2.32 bits per heavy atom. The molecule has 7 heteroatoms. The third-order valence-electron chi connectivity index (χ3n) is 2.99. The second kappa shape index (κ2) is 7.73. The number of hydrogen-bond acceptors (Lipinski definition) is 5. The predicted octanol–water partition coefficient (Wildman–Crippen LogP) is 1.03. The molecular weight excluding hydrogens is 244 g/mol. The lowest BCUT2D eigenvalue weighted by molar-refractivity contribution is 0.208. The van der Waals surface area contributed by atoms with Crippen molar-refractivity contribution in [3.8, 4) is 0 Å². The zero-order valence-corrected chi connectivity index (χ0v) is 12.0. The van der Waals surface area contributed by atoms with E-state index in [2.05, 4.69) is 40.9 Å². The summed E-state index contributed by atoms with van der Waals surface area (Å²) in [6, 6.07) is 0.360. The molecule has 1 aromatic rings. The van der Waals surface area contributed by atoms with E-state index < -0.39 is 0 Å². The van der Waals surface area contributed by atoms with E-state index in [9.17, 15) is 0 Å². The van der Waals surface area contributed by atoms with E-state index in [1.165, 1.54) is 0 Å². The number of nitrogens with two attached hydrogens (primary N) is 1. The Hall–Kier alpha value is -1.63. The van der Waals surface area contributed by atoms with Gasteiger partial charge in [0.2, 0.25) is 0 Å². The summed E-state index contributed by atoms with van der Waals surface area (Å²) in [6.07, 6.45) is 3.16. The van der Waals surface area contributed by atoms with Crippen LogP contribution in [0.4, 0.5) is 0 Å². The van der Waals surface area contributed by atoms with Gasteiger partial charge in [-0.3, -0.25) is 4.90 Å². The largest absolute Gasteiger partial charge is 0.409 e. The first-order valence-corrected chi connectivity index (χ1v) is 6.65. The smallest absolute Gasteiger partial charge is 0.141 e. The average molecular weight is 268 g/mol. The summed E-state index contributed by atoms with van der Waals surface area (Å²) in [5, 5.41) is 15.8. The highest BCUT2D eigenvalue weighted by molar-refractivity contribution is 5.79. The second-order valence-corrected chi connectivity index (χ2v) is 4.80. The topological polar surface area (TPSA) is 92.6 Å². The van der Waals surface area contributed by atoms with Gasteiger partial charge in [-0.25, -0.2) is 9.67 Å². The number of hydrogen-bond donors (Lipinski definition) is 2. The van der Waals surface area contributed by atoms with Crippen molar-refractivity contribution >= 4 is 5.84 Å². The molecule has 0 amide bonds. The highest BCUT2D eigenvalue weighted by Crippen LogP contribution is 2.07. The van der Waals surface area contributed by atoms with E-state index in [0.29, 0.717) is 12.5 Å². The molecule has 1 aromatic heterocycles. The number of oxime groups is 1. The maximum atomic E-state index is 8.58. The Bertz CT molecular complexity index is 401. The molecule has 0 aliphatic heterocycles. The van der Waals surface area contributed by atoms with Gasteiger partial charge < -0.3 is 10.9 Å². The minimum Gasteiger partial charge on any atom is -0.409 e. The zero-order chi connectivity index (χ0) is 14.3. The number of nitrogens with zero attached hydrogens (tertiary/aromatic N) is 5. The van der Waals surface area contributed by atoms with E-state index >= 15 is 0 Å². The minimum atomic E-state index is 0.251. The molecule has 0 atom stereocenters. The number of rotatable bonds is 8. The van der Waals surface area contributed by atoms with E-state index in [1.807, 2.05) is 4.68 Å². The van der Waals surface area contributed by atoms with Gasteiger partial charge in [0, 0.05) is 25.6 Å². The monoisotopic (exact) mass is 268 g/mol. The first kappa shape index (κ1) is 15.4. The van der Waals surface area contributed by atoms with Gasteiger partial charge >= 0.3 is 0 Å². The van der Waals surface area contributed by atoms with Crippen LogP contribution < -0.4 is 5.73 Å². The minimum absolute atomic E-state index is 0.251. The Morgan fingerprint density at radius 3 is 2.89 bits per heavy atom. The lowest BCUT2D eigenvalue weighted by atomic mass is 10.2. The van der Waals surface area contributed by atoms with Gasteiger partial charge in [0.05, 0.1) is 6.54 Å². The molecule has 0 saturated carbocycles. The summed E-state index contributed by atoms with van der Waals surface area (Å²) in [7, 11) is 0. The molecule has 0 unspecified atom stereocenters. The molecule has 0 aliphatic rings. The van der Waals surface area contributed by atoms with E-state index in [1.54, 1.807) is 6.33 Å². The van der Waals surface area contributed by atoms with Gasteiger partial charge in [0.15, 0.2) is 0 Å². The second-order valence-electron chi connectivity index (χ2n) is 4.80. The molecule has 3 N–H and O–H groups in total. The van der Waals surface area contributed by atoms with Gasteiger partial charge in [0.1, 0.15) is 18.0 Å². The first-order chi connectivity index (χ1) is 9.08. The third kappa shape index (κ3) is 4.86. The molecule has 0 aromatic carbocycles. The van der Waals surface area contributed by atoms with Crippen LogP contribution in [-0.4, -0.2) is 43.3 Å². The molecule has 0 spiro atoms. The molecule has 0 aliphatic carbocycles. The summed E-state index contributed by atoms with van der Waals surface area (Å²) in [6.45, 7) is 8.67. The van der Waals surface area contributed by atoms with Crippen molar-refractivity contribution in [2.24, 2.45) is 10.9 Å². The molecule has 19 heavy (non-hydrogen) atoms. The fraction of sp³-hybridized carbons (Fsp3) is 0.750. The van der Waals surface area contributed by atoms with Gasteiger partial charge in [-0.1, -0.05) is 12.1 Å². The molecule has 0 radical (unpaired) electrons. The van der Waals surface area contributed by atoms with Gasteiger partial charge in [-0.2, -0.15) is 5.10 Å². The summed E-state index contributed by atoms with van der Waals surface area (Å²) < 4.78 is 1.93. The molecule has 1 rings (SSSR count). The SMILES string of the molecule is CCCn1ncnc1CN(CCC(N)=NO)C(C)C. The third-order valence-corrected chi connectivity index (χ3v) is 2.99. The summed E-state index contributed by atoms with van der Waals surface area (Å²) in [5.41, 5.74) is 5.51. The normalized spacial score (nSPS) is 12.6. The van der Waals surface area contributed by atoms with Gasteiger partial charge in [0.25, 0.3) is 0 Å². The molecule has 0 saturated heterocycles. The zero-order valence-electron chi connectivity index (χ0n) is 12.0. The predicted molar refractivity (Wildman–Crippen MR) is 73.9 cm³/mol. The highest BCUT2D eigenvalue weighted by atomic mass is 16.4. The molecule has 7 nitrogen and oxygen atoms in total. The molecular formula is C12H24N6O. The van der Waals surface area contributed by atoms with Crippen LogP contribution in [0.5, 0.6) is 0 Å². The number of aryl methyl sites for hydroxylation is 1. The van der Waals surface area contributed by atoms with Crippen LogP contribution in [0.15, 0.2) is 11.5 Å². The standard InChI is InChI=1S/C12H24N6O/c1-4-6-18-12(14-9-15-18)8-17(10(2)3)7-5-11(13)16-19/h9-10,19H,4-8H2,1-3H3,(H2,13,16). The van der Waals surface area contributed by atoms with Crippen molar-refractivity contribution in [3.63, 3.8) is 0 Å². The molecule has 1 heterocycles. The van der Waals surface area contributed by atoms with Gasteiger partial charge in [-0.15, -0.1) is 0 Å². The summed E-state index contributed by atoms with van der Waals surface area (Å²) in [5.74, 6) is 1.20. The van der Waals surface area contributed by atoms with Crippen molar-refractivity contribution in [2.75, 3.05) is 6.54 Å². The van der Waals surface area contributed by atoms with Crippen molar-refractivity contribution < 1.29 is 5.21 Å². The van der Waals surface area contributed by atoms with Crippen LogP contribution in [-0.2, 0) is 13.1 Å². The number of amidine groups is 1. The highest BCUT2D eigenvalue weighted by Gasteiger charge is 2.14. The quantitative estimate of drug-likeness (QED) is 0.318. The summed E-state index contributed by atoms with van der Waals surface area (Å²) in [4.78, 5) is 6.53. The van der Waals surface area contributed by atoms with Gasteiger partial charge in [-0.05, 0) is 20.3 Å². The lowest BCUT2D eigenvalue weighted by Gasteiger charge is -2.25. The summed E-state index contributed by atoms with van der Waals surface area (Å²) >= 11 is 0. The van der Waals surface area contributed by atoms with Crippen molar-refractivity contribution in [3.05, 3.63) is 12.2 Å². The van der Waals surface area contributed by atoms with Crippen molar-refractivity contribution in [2.45, 2.75) is 52.7 Å². The maximum absolute atomic E-state index is 8.58. The van der Waals surface area contributed by atoms with E-state index in [-0.39, 0.29) is 5.84 Å². The first-order valence-electron chi connectivity index (χ1n) is 6.65. The molecule has 108 valence electrons. The van der Waals surface area contributed by atoms with Crippen LogP contribution in [0.25, 0.3) is 0 Å². The van der Waals surface area contributed by atoms with Crippen molar-refractivity contribution in [1.82, 2.24) is 19.7 Å². The Labute approximate surface area is 114 Å². The average Bonchev–Trinajstić information content (AvgIpc) is 2.81. The van der Waals surface area contributed by atoms with Crippen molar-refractivity contribution in [1.29, 1.82) is 0 Å². The van der Waals surface area contributed by atoms with E-state index in [4.69, 9.17) is 10.9 Å². The van der Waals surface area contributed by atoms with Crippen LogP contribution in [0, 0.1) is 0 Å². The number of aromatic nitrogens is 3.